The standard InChI is InChI=1S/C22H29BrN4O2S/c1-14(2)20-15(3)25-19(12-24-30(28)22(4,5)6)26-21(20)27-9-10-29-18-8-7-17(23)11-16(18)13-27/h7-8,11-12,14H,9-10,13H2,1-6H3/b24-12+. The maximum Gasteiger partial charge on any atom is 0.177 e. The van der Waals surface area contributed by atoms with Gasteiger partial charge < -0.3 is 14.2 Å². The van der Waals surface area contributed by atoms with Crippen LogP contribution in [0.15, 0.2) is 27.1 Å². The molecule has 0 bridgehead atoms. The highest BCUT2D eigenvalue weighted by atomic mass is 79.9. The van der Waals surface area contributed by atoms with Crippen molar-refractivity contribution < 1.29 is 9.29 Å². The van der Waals surface area contributed by atoms with Gasteiger partial charge in [0.05, 0.1) is 6.54 Å². The monoisotopic (exact) mass is 492 g/mol. The van der Waals surface area contributed by atoms with Gasteiger partial charge in [0, 0.05) is 27.8 Å². The largest absolute Gasteiger partial charge is 0.591 e. The summed E-state index contributed by atoms with van der Waals surface area (Å²) in [6.07, 6.45) is 1.53. The van der Waals surface area contributed by atoms with E-state index < -0.39 is 16.1 Å². The van der Waals surface area contributed by atoms with Crippen molar-refractivity contribution in [3.63, 3.8) is 0 Å². The third-order valence-corrected chi connectivity index (χ3v) is 6.64. The Kier molecular flexibility index (Phi) is 7.09. The first-order valence-corrected chi connectivity index (χ1v) is 12.0. The fourth-order valence-corrected chi connectivity index (χ4v) is 4.27. The van der Waals surface area contributed by atoms with Crippen LogP contribution in [-0.2, 0) is 17.9 Å². The van der Waals surface area contributed by atoms with Crippen LogP contribution in [-0.4, -0.2) is 38.6 Å². The topological polar surface area (TPSA) is 73.7 Å². The van der Waals surface area contributed by atoms with Crippen molar-refractivity contribution in [2.75, 3.05) is 18.1 Å². The summed E-state index contributed by atoms with van der Waals surface area (Å²) in [4.78, 5) is 11.7. The van der Waals surface area contributed by atoms with Gasteiger partial charge in [0.2, 0.25) is 0 Å². The highest BCUT2D eigenvalue weighted by Crippen LogP contribution is 2.33. The van der Waals surface area contributed by atoms with E-state index in [4.69, 9.17) is 9.72 Å². The quantitative estimate of drug-likeness (QED) is 0.445. The minimum Gasteiger partial charge on any atom is -0.591 e. The smallest absolute Gasteiger partial charge is 0.177 e. The van der Waals surface area contributed by atoms with Gasteiger partial charge in [0.15, 0.2) is 5.82 Å². The molecule has 1 unspecified atom stereocenters. The molecule has 0 radical (unpaired) electrons. The van der Waals surface area contributed by atoms with Gasteiger partial charge in [0.1, 0.15) is 40.5 Å². The first-order chi connectivity index (χ1) is 14.1. The zero-order valence-corrected chi connectivity index (χ0v) is 20.8. The zero-order chi connectivity index (χ0) is 22.1. The average Bonchev–Trinajstić information content (AvgIpc) is 2.86. The van der Waals surface area contributed by atoms with Crippen LogP contribution < -0.4 is 9.64 Å². The number of benzene rings is 1. The van der Waals surface area contributed by atoms with Crippen molar-refractivity contribution in [2.24, 2.45) is 4.40 Å². The number of aromatic nitrogens is 2. The van der Waals surface area contributed by atoms with Gasteiger partial charge in [-0.25, -0.2) is 9.97 Å². The summed E-state index contributed by atoms with van der Waals surface area (Å²) in [5.74, 6) is 2.53. The fourth-order valence-electron chi connectivity index (χ4n) is 3.36. The second kappa shape index (κ2) is 9.24. The molecule has 0 saturated heterocycles. The number of rotatable bonds is 4. The molecule has 0 fully saturated rings. The summed E-state index contributed by atoms with van der Waals surface area (Å²) in [6.45, 7) is 14.0. The summed E-state index contributed by atoms with van der Waals surface area (Å²) in [5, 5.41) is 0. The molecule has 1 aliphatic heterocycles. The molecule has 162 valence electrons. The third kappa shape index (κ3) is 5.34. The Bertz CT molecular complexity index is 943. The van der Waals surface area contributed by atoms with Crippen LogP contribution in [0.25, 0.3) is 0 Å². The summed E-state index contributed by atoms with van der Waals surface area (Å²) in [5.41, 5.74) is 3.14. The Morgan fingerprint density at radius 1 is 1.30 bits per heavy atom. The molecule has 0 saturated carbocycles. The first kappa shape index (κ1) is 23.0. The lowest BCUT2D eigenvalue weighted by atomic mass is 10.0. The number of hydrogen-bond acceptors (Lipinski definition) is 6. The average molecular weight is 493 g/mol. The Hall–Kier alpha value is -1.64. The first-order valence-electron chi connectivity index (χ1n) is 10.1. The highest BCUT2D eigenvalue weighted by molar-refractivity contribution is 9.10. The number of anilines is 1. The zero-order valence-electron chi connectivity index (χ0n) is 18.4. The molecule has 0 N–H and O–H groups in total. The van der Waals surface area contributed by atoms with E-state index in [1.807, 2.05) is 39.8 Å². The molecule has 8 heteroatoms. The fraction of sp³-hybridized carbons (Fsp3) is 0.500. The minimum absolute atomic E-state index is 0.265. The lowest BCUT2D eigenvalue weighted by molar-refractivity contribution is 0.331. The maximum atomic E-state index is 12.3. The predicted octanol–water partition coefficient (Wildman–Crippen LogP) is 4.95. The van der Waals surface area contributed by atoms with Gasteiger partial charge in [-0.2, -0.15) is 0 Å². The van der Waals surface area contributed by atoms with Crippen LogP contribution in [0.5, 0.6) is 5.75 Å². The second-order valence-electron chi connectivity index (χ2n) is 8.68. The molecule has 0 spiro atoms. The van der Waals surface area contributed by atoms with Gasteiger partial charge in [-0.1, -0.05) is 34.2 Å². The number of fused-ring (bicyclic) bond motifs is 1. The van der Waals surface area contributed by atoms with E-state index in [2.05, 4.69) is 50.1 Å². The van der Waals surface area contributed by atoms with Crippen molar-refractivity contribution in [3.05, 3.63) is 45.3 Å². The van der Waals surface area contributed by atoms with Gasteiger partial charge in [-0.3, -0.25) is 0 Å². The summed E-state index contributed by atoms with van der Waals surface area (Å²) in [6, 6.07) is 6.08. The van der Waals surface area contributed by atoms with Gasteiger partial charge in [-0.05, 0) is 51.8 Å². The molecule has 6 nitrogen and oxygen atoms in total. The molecule has 3 rings (SSSR count). The molecule has 0 aliphatic carbocycles. The van der Waals surface area contributed by atoms with E-state index in [9.17, 15) is 4.55 Å². The van der Waals surface area contributed by atoms with Crippen molar-refractivity contribution in [1.29, 1.82) is 0 Å². The molecule has 1 aliphatic rings. The van der Waals surface area contributed by atoms with Crippen LogP contribution >= 0.6 is 15.9 Å². The molecule has 1 aromatic heterocycles. The summed E-state index contributed by atoms with van der Waals surface area (Å²) < 4.78 is 23.1. The van der Waals surface area contributed by atoms with E-state index in [1.54, 1.807) is 0 Å². The third-order valence-electron chi connectivity index (χ3n) is 4.80. The Morgan fingerprint density at radius 3 is 2.70 bits per heavy atom. The Balaban J connectivity index is 2.01. The van der Waals surface area contributed by atoms with E-state index in [-0.39, 0.29) is 5.92 Å². The Labute approximate surface area is 190 Å². The van der Waals surface area contributed by atoms with Gasteiger partial charge >= 0.3 is 0 Å². The lowest BCUT2D eigenvalue weighted by Gasteiger charge is -2.26. The predicted molar refractivity (Wildman–Crippen MR) is 127 cm³/mol. The number of ether oxygens (including phenoxy) is 1. The minimum atomic E-state index is -1.35. The maximum absolute atomic E-state index is 12.3. The van der Waals surface area contributed by atoms with Crippen LogP contribution in [0.2, 0.25) is 0 Å². The molecule has 0 amide bonds. The van der Waals surface area contributed by atoms with Crippen molar-refractivity contribution in [2.45, 2.75) is 58.8 Å². The van der Waals surface area contributed by atoms with Crippen LogP contribution in [0.1, 0.15) is 63.2 Å². The number of aryl methyl sites for hydroxylation is 1. The Morgan fingerprint density at radius 2 is 2.03 bits per heavy atom. The van der Waals surface area contributed by atoms with Crippen LogP contribution in [0, 0.1) is 6.92 Å². The van der Waals surface area contributed by atoms with Gasteiger partial charge in [0.25, 0.3) is 0 Å². The molecular formula is C22H29BrN4O2S. The van der Waals surface area contributed by atoms with E-state index >= 15 is 0 Å². The number of nitrogens with zero attached hydrogens (tertiary/aromatic N) is 4. The van der Waals surface area contributed by atoms with E-state index in [1.165, 1.54) is 6.21 Å². The van der Waals surface area contributed by atoms with Crippen molar-refractivity contribution >= 4 is 39.3 Å². The summed E-state index contributed by atoms with van der Waals surface area (Å²) in [7, 11) is 0. The van der Waals surface area contributed by atoms with Crippen molar-refractivity contribution in [3.8, 4) is 5.75 Å². The van der Waals surface area contributed by atoms with Crippen LogP contribution in [0.4, 0.5) is 5.82 Å². The molecule has 30 heavy (non-hydrogen) atoms. The highest BCUT2D eigenvalue weighted by Gasteiger charge is 2.27. The number of halogens is 1. The van der Waals surface area contributed by atoms with Crippen LogP contribution in [0.3, 0.4) is 0 Å². The van der Waals surface area contributed by atoms with Crippen molar-refractivity contribution in [1.82, 2.24) is 9.97 Å². The van der Waals surface area contributed by atoms with Gasteiger partial charge in [-0.15, -0.1) is 0 Å². The molecule has 1 aromatic carbocycles. The number of hydrogen-bond donors (Lipinski definition) is 0. The summed E-state index contributed by atoms with van der Waals surface area (Å²) >= 11 is 2.20. The second-order valence-corrected chi connectivity index (χ2v) is 11.5. The molecule has 1 atom stereocenters. The van der Waals surface area contributed by atoms with E-state index in [0.717, 1.165) is 32.9 Å². The normalized spacial score (nSPS) is 15.8. The SMILES string of the molecule is Cc1nc(/C=N/[S+]([O-])C(C)(C)C)nc(N2CCOc3ccc(Br)cc3C2)c1C(C)C. The van der Waals surface area contributed by atoms with E-state index in [0.29, 0.717) is 25.5 Å². The molecule has 2 aromatic rings. The lowest BCUT2D eigenvalue weighted by Crippen LogP contribution is -2.29. The molecule has 2 heterocycles. The molecular weight excluding hydrogens is 464 g/mol.